The van der Waals surface area contributed by atoms with Crippen LogP contribution in [0, 0.1) is 6.92 Å². The number of hydrogen-bond acceptors (Lipinski definition) is 2. The van der Waals surface area contributed by atoms with E-state index in [1.54, 1.807) is 13.0 Å². The summed E-state index contributed by atoms with van der Waals surface area (Å²) in [7, 11) is 0. The average molecular weight is 248 g/mol. The van der Waals surface area contributed by atoms with Gasteiger partial charge in [-0.15, -0.1) is 0 Å². The standard InChI is InChI=1S/C15H20O3/c1-10(2)14-6-5-13(9-12(14)4)18-8-7-11(3)15(16)17/h5-7,9-10H,8H2,1-4H3,(H,16,17). The summed E-state index contributed by atoms with van der Waals surface area (Å²) in [5, 5.41) is 8.70. The zero-order valence-electron chi connectivity index (χ0n) is 11.4. The van der Waals surface area contributed by atoms with Crippen LogP contribution < -0.4 is 4.74 Å². The van der Waals surface area contributed by atoms with Crippen molar-refractivity contribution in [2.45, 2.75) is 33.6 Å². The summed E-state index contributed by atoms with van der Waals surface area (Å²) in [4.78, 5) is 10.6. The van der Waals surface area contributed by atoms with Crippen LogP contribution in [0.2, 0.25) is 0 Å². The summed E-state index contributed by atoms with van der Waals surface area (Å²) in [6.45, 7) is 8.20. The molecule has 0 spiro atoms. The van der Waals surface area contributed by atoms with Crippen LogP contribution in [-0.2, 0) is 4.79 Å². The molecule has 1 aromatic carbocycles. The molecule has 3 heteroatoms. The predicted molar refractivity (Wildman–Crippen MR) is 72.2 cm³/mol. The summed E-state index contributed by atoms with van der Waals surface area (Å²) < 4.78 is 5.50. The van der Waals surface area contributed by atoms with Gasteiger partial charge in [-0.2, -0.15) is 0 Å². The lowest BCUT2D eigenvalue weighted by Crippen LogP contribution is -2.01. The Bertz CT molecular complexity index is 459. The first kappa shape index (κ1) is 14.3. The van der Waals surface area contributed by atoms with Gasteiger partial charge in [0.05, 0.1) is 0 Å². The summed E-state index contributed by atoms with van der Waals surface area (Å²) in [5.41, 5.74) is 2.80. The van der Waals surface area contributed by atoms with Gasteiger partial charge >= 0.3 is 5.97 Å². The van der Waals surface area contributed by atoms with E-state index in [0.717, 1.165) is 5.75 Å². The molecule has 0 aliphatic heterocycles. The SMILES string of the molecule is CC(=CCOc1ccc(C(C)C)c(C)c1)C(=O)O. The Hall–Kier alpha value is -1.77. The van der Waals surface area contributed by atoms with Gasteiger partial charge in [0.15, 0.2) is 0 Å². The number of hydrogen-bond donors (Lipinski definition) is 1. The molecule has 0 saturated heterocycles. The van der Waals surface area contributed by atoms with Gasteiger partial charge in [-0.25, -0.2) is 4.79 Å². The number of carbonyl (C=O) groups is 1. The van der Waals surface area contributed by atoms with Crippen LogP contribution in [0.25, 0.3) is 0 Å². The molecule has 0 bridgehead atoms. The molecular formula is C15H20O3. The van der Waals surface area contributed by atoms with Gasteiger partial charge in [-0.3, -0.25) is 0 Å². The van der Waals surface area contributed by atoms with Crippen LogP contribution in [0.15, 0.2) is 29.8 Å². The van der Waals surface area contributed by atoms with Crippen molar-refractivity contribution in [3.63, 3.8) is 0 Å². The summed E-state index contributed by atoms with van der Waals surface area (Å²) in [6.07, 6.45) is 1.56. The van der Waals surface area contributed by atoms with Crippen LogP contribution in [-0.4, -0.2) is 17.7 Å². The topological polar surface area (TPSA) is 46.5 Å². The number of aliphatic carboxylic acids is 1. The van der Waals surface area contributed by atoms with Crippen molar-refractivity contribution in [2.75, 3.05) is 6.61 Å². The highest BCUT2D eigenvalue weighted by molar-refractivity contribution is 5.85. The van der Waals surface area contributed by atoms with Gasteiger partial charge < -0.3 is 9.84 Å². The van der Waals surface area contributed by atoms with Crippen molar-refractivity contribution in [3.8, 4) is 5.75 Å². The third kappa shape index (κ3) is 3.91. The lowest BCUT2D eigenvalue weighted by molar-refractivity contribution is -0.132. The second-order valence-corrected chi connectivity index (χ2v) is 4.68. The Morgan fingerprint density at radius 1 is 1.44 bits per heavy atom. The summed E-state index contributed by atoms with van der Waals surface area (Å²) in [5.74, 6) is 0.351. The molecule has 98 valence electrons. The van der Waals surface area contributed by atoms with Gasteiger partial charge in [-0.05, 0) is 49.1 Å². The monoisotopic (exact) mass is 248 g/mol. The van der Waals surface area contributed by atoms with Gasteiger partial charge in [0.25, 0.3) is 0 Å². The molecule has 0 saturated carbocycles. The fraction of sp³-hybridized carbons (Fsp3) is 0.400. The van der Waals surface area contributed by atoms with Crippen molar-refractivity contribution < 1.29 is 14.6 Å². The summed E-state index contributed by atoms with van der Waals surface area (Å²) >= 11 is 0. The Kier molecular flexibility index (Phi) is 4.95. The molecule has 1 N–H and O–H groups in total. The Morgan fingerprint density at radius 3 is 2.61 bits per heavy atom. The third-order valence-corrected chi connectivity index (χ3v) is 2.84. The Balaban J connectivity index is 2.67. The van der Waals surface area contributed by atoms with Crippen LogP contribution in [0.4, 0.5) is 0 Å². The van der Waals surface area contributed by atoms with Gasteiger partial charge in [0, 0.05) is 5.57 Å². The number of aryl methyl sites for hydroxylation is 1. The van der Waals surface area contributed by atoms with Crippen LogP contribution >= 0.6 is 0 Å². The summed E-state index contributed by atoms with van der Waals surface area (Å²) in [6, 6.07) is 5.97. The minimum absolute atomic E-state index is 0.276. The first-order valence-electron chi connectivity index (χ1n) is 6.05. The molecule has 0 aliphatic rings. The van der Waals surface area contributed by atoms with E-state index in [1.807, 2.05) is 12.1 Å². The van der Waals surface area contributed by atoms with E-state index < -0.39 is 5.97 Å². The number of ether oxygens (including phenoxy) is 1. The van der Waals surface area contributed by atoms with E-state index in [2.05, 4.69) is 26.8 Å². The van der Waals surface area contributed by atoms with Crippen LogP contribution in [0.1, 0.15) is 37.8 Å². The quantitative estimate of drug-likeness (QED) is 0.811. The molecule has 0 fully saturated rings. The van der Waals surface area contributed by atoms with Crippen LogP contribution in [0.3, 0.4) is 0 Å². The molecule has 0 aromatic heterocycles. The highest BCUT2D eigenvalue weighted by atomic mass is 16.5. The van der Waals surface area contributed by atoms with Crippen molar-refractivity contribution in [1.29, 1.82) is 0 Å². The van der Waals surface area contributed by atoms with E-state index >= 15 is 0 Å². The molecule has 18 heavy (non-hydrogen) atoms. The lowest BCUT2D eigenvalue weighted by Gasteiger charge is -2.11. The molecule has 0 unspecified atom stereocenters. The van der Waals surface area contributed by atoms with Crippen molar-refractivity contribution in [3.05, 3.63) is 41.0 Å². The van der Waals surface area contributed by atoms with E-state index in [1.165, 1.54) is 11.1 Å². The molecule has 3 nitrogen and oxygen atoms in total. The minimum atomic E-state index is -0.912. The van der Waals surface area contributed by atoms with E-state index in [4.69, 9.17) is 9.84 Å². The minimum Gasteiger partial charge on any atom is -0.490 e. The van der Waals surface area contributed by atoms with Crippen LogP contribution in [0.5, 0.6) is 5.75 Å². The zero-order valence-corrected chi connectivity index (χ0v) is 11.4. The molecule has 0 amide bonds. The number of carboxylic acid groups (broad SMARTS) is 1. The zero-order chi connectivity index (χ0) is 13.7. The molecule has 1 rings (SSSR count). The molecular weight excluding hydrogens is 228 g/mol. The molecule has 0 heterocycles. The maximum Gasteiger partial charge on any atom is 0.331 e. The maximum atomic E-state index is 10.6. The molecule has 1 aromatic rings. The Labute approximate surface area is 108 Å². The fourth-order valence-electron chi connectivity index (χ4n) is 1.74. The fourth-order valence-corrected chi connectivity index (χ4v) is 1.74. The number of rotatable bonds is 5. The van der Waals surface area contributed by atoms with Gasteiger partial charge in [-0.1, -0.05) is 19.9 Å². The maximum absolute atomic E-state index is 10.6. The van der Waals surface area contributed by atoms with E-state index in [-0.39, 0.29) is 6.61 Å². The average Bonchev–Trinajstić information content (AvgIpc) is 2.28. The van der Waals surface area contributed by atoms with E-state index in [0.29, 0.717) is 11.5 Å². The normalized spacial score (nSPS) is 11.7. The lowest BCUT2D eigenvalue weighted by atomic mass is 9.98. The highest BCUT2D eigenvalue weighted by Crippen LogP contribution is 2.23. The van der Waals surface area contributed by atoms with Gasteiger partial charge in [0.2, 0.25) is 0 Å². The smallest absolute Gasteiger partial charge is 0.331 e. The highest BCUT2D eigenvalue weighted by Gasteiger charge is 2.04. The molecule has 0 aliphatic carbocycles. The first-order chi connectivity index (χ1) is 8.41. The Morgan fingerprint density at radius 2 is 2.11 bits per heavy atom. The molecule has 0 atom stereocenters. The predicted octanol–water partition coefficient (Wildman–Crippen LogP) is 3.53. The largest absolute Gasteiger partial charge is 0.490 e. The van der Waals surface area contributed by atoms with Gasteiger partial charge in [0.1, 0.15) is 12.4 Å². The van der Waals surface area contributed by atoms with Crippen molar-refractivity contribution in [1.82, 2.24) is 0 Å². The second-order valence-electron chi connectivity index (χ2n) is 4.68. The molecule has 0 radical (unpaired) electrons. The number of carboxylic acids is 1. The third-order valence-electron chi connectivity index (χ3n) is 2.84. The number of benzene rings is 1. The van der Waals surface area contributed by atoms with Crippen molar-refractivity contribution >= 4 is 5.97 Å². The first-order valence-corrected chi connectivity index (χ1v) is 6.05. The van der Waals surface area contributed by atoms with Crippen molar-refractivity contribution in [2.24, 2.45) is 0 Å². The second kappa shape index (κ2) is 6.24. The van der Waals surface area contributed by atoms with E-state index in [9.17, 15) is 4.79 Å².